The van der Waals surface area contributed by atoms with Gasteiger partial charge in [0, 0.05) is 24.9 Å². The van der Waals surface area contributed by atoms with E-state index in [0.29, 0.717) is 24.5 Å². The van der Waals surface area contributed by atoms with Crippen LogP contribution in [0.5, 0.6) is 0 Å². The van der Waals surface area contributed by atoms with Gasteiger partial charge in [-0.1, -0.05) is 38.3 Å². The Morgan fingerprint density at radius 2 is 1.93 bits per heavy atom. The van der Waals surface area contributed by atoms with Gasteiger partial charge in [-0.25, -0.2) is 4.98 Å². The van der Waals surface area contributed by atoms with E-state index < -0.39 is 0 Å². The van der Waals surface area contributed by atoms with Crippen LogP contribution in [0.3, 0.4) is 0 Å². The standard InChI is InChI=1S/C21H28N4O2/c1-14-13-16(14)20(27)22-12-11-19(26)24-21-23-17-9-5-6-10-18(17)25(21)15-7-3-2-4-8-15/h5-6,9-10,14-16H,2-4,7-8,11-13H2,1H3,(H,22,27)(H,23,24,26). The minimum Gasteiger partial charge on any atom is -0.355 e. The first-order valence-corrected chi connectivity index (χ1v) is 10.2. The predicted molar refractivity (Wildman–Crippen MR) is 105 cm³/mol. The van der Waals surface area contributed by atoms with E-state index in [1.54, 1.807) is 0 Å². The number of hydrogen-bond acceptors (Lipinski definition) is 3. The van der Waals surface area contributed by atoms with Gasteiger partial charge >= 0.3 is 0 Å². The molecule has 2 amide bonds. The van der Waals surface area contributed by atoms with E-state index in [2.05, 4.69) is 33.2 Å². The summed E-state index contributed by atoms with van der Waals surface area (Å²) in [4.78, 5) is 29.0. The molecule has 2 atom stereocenters. The molecule has 2 aliphatic carbocycles. The number of anilines is 1. The molecule has 2 fully saturated rings. The molecule has 2 unspecified atom stereocenters. The van der Waals surface area contributed by atoms with Crippen LogP contribution >= 0.6 is 0 Å². The second kappa shape index (κ2) is 7.71. The molecule has 1 aromatic carbocycles. The Morgan fingerprint density at radius 3 is 2.67 bits per heavy atom. The van der Waals surface area contributed by atoms with Crippen LogP contribution in [-0.4, -0.2) is 27.9 Å². The lowest BCUT2D eigenvalue weighted by molar-refractivity contribution is -0.122. The van der Waals surface area contributed by atoms with Gasteiger partial charge in [-0.15, -0.1) is 0 Å². The van der Waals surface area contributed by atoms with Crippen molar-refractivity contribution in [2.45, 2.75) is 57.9 Å². The topological polar surface area (TPSA) is 76.0 Å². The second-order valence-electron chi connectivity index (χ2n) is 7.99. The van der Waals surface area contributed by atoms with Crippen LogP contribution in [0.1, 0.15) is 57.9 Å². The molecule has 1 heterocycles. The molecule has 2 saturated carbocycles. The summed E-state index contributed by atoms with van der Waals surface area (Å²) in [6, 6.07) is 8.44. The number of nitrogens with zero attached hydrogens (tertiary/aromatic N) is 2. The van der Waals surface area contributed by atoms with E-state index in [9.17, 15) is 9.59 Å². The lowest BCUT2D eigenvalue weighted by Crippen LogP contribution is -2.29. The van der Waals surface area contributed by atoms with Crippen LogP contribution in [0, 0.1) is 11.8 Å². The lowest BCUT2D eigenvalue weighted by Gasteiger charge is -2.25. The minimum absolute atomic E-state index is 0.0738. The number of amides is 2. The third-order valence-corrected chi connectivity index (χ3v) is 5.88. The summed E-state index contributed by atoms with van der Waals surface area (Å²) in [5.74, 6) is 1.23. The van der Waals surface area contributed by atoms with Crippen LogP contribution in [0.4, 0.5) is 5.95 Å². The van der Waals surface area contributed by atoms with Crippen molar-refractivity contribution >= 4 is 28.8 Å². The Labute approximate surface area is 159 Å². The third kappa shape index (κ3) is 3.99. The zero-order valence-corrected chi connectivity index (χ0v) is 15.9. The number of benzene rings is 1. The van der Waals surface area contributed by atoms with Crippen LogP contribution < -0.4 is 10.6 Å². The first-order chi connectivity index (χ1) is 13.1. The van der Waals surface area contributed by atoms with E-state index >= 15 is 0 Å². The molecular weight excluding hydrogens is 340 g/mol. The summed E-state index contributed by atoms with van der Waals surface area (Å²) in [5.41, 5.74) is 1.99. The smallest absolute Gasteiger partial charge is 0.228 e. The van der Waals surface area contributed by atoms with Crippen molar-refractivity contribution in [3.63, 3.8) is 0 Å². The van der Waals surface area contributed by atoms with Gasteiger partial charge in [0.1, 0.15) is 0 Å². The summed E-state index contributed by atoms with van der Waals surface area (Å²) in [7, 11) is 0. The van der Waals surface area contributed by atoms with Crippen molar-refractivity contribution in [3.8, 4) is 0 Å². The summed E-state index contributed by atoms with van der Waals surface area (Å²) < 4.78 is 2.21. The van der Waals surface area contributed by atoms with E-state index in [-0.39, 0.29) is 24.2 Å². The first-order valence-electron chi connectivity index (χ1n) is 10.2. The van der Waals surface area contributed by atoms with Crippen molar-refractivity contribution in [3.05, 3.63) is 24.3 Å². The number of imidazole rings is 1. The zero-order chi connectivity index (χ0) is 18.8. The van der Waals surface area contributed by atoms with Gasteiger partial charge in [0.15, 0.2) is 0 Å². The van der Waals surface area contributed by atoms with Gasteiger partial charge in [0.05, 0.1) is 11.0 Å². The number of para-hydroxylation sites is 2. The number of rotatable bonds is 6. The minimum atomic E-state index is -0.105. The molecule has 0 spiro atoms. The predicted octanol–water partition coefficient (Wildman–Crippen LogP) is 3.64. The van der Waals surface area contributed by atoms with Gasteiger partial charge in [-0.05, 0) is 37.3 Å². The third-order valence-electron chi connectivity index (χ3n) is 5.88. The van der Waals surface area contributed by atoms with Gasteiger partial charge in [-0.3, -0.25) is 14.9 Å². The highest BCUT2D eigenvalue weighted by molar-refractivity contribution is 5.92. The summed E-state index contributed by atoms with van der Waals surface area (Å²) in [5, 5.41) is 5.86. The fourth-order valence-corrected chi connectivity index (χ4v) is 4.15. The highest BCUT2D eigenvalue weighted by Crippen LogP contribution is 2.37. The monoisotopic (exact) mass is 368 g/mol. The SMILES string of the molecule is CC1CC1C(=O)NCCC(=O)Nc1nc2ccccc2n1C1CCCCC1. The Morgan fingerprint density at radius 1 is 1.19 bits per heavy atom. The molecule has 2 aromatic rings. The lowest BCUT2D eigenvalue weighted by atomic mass is 9.95. The number of hydrogen-bond donors (Lipinski definition) is 2. The van der Waals surface area contributed by atoms with E-state index in [4.69, 9.17) is 0 Å². The Hall–Kier alpha value is -2.37. The molecule has 0 bridgehead atoms. The van der Waals surface area contributed by atoms with Crippen molar-refractivity contribution < 1.29 is 9.59 Å². The quantitative estimate of drug-likeness (QED) is 0.817. The van der Waals surface area contributed by atoms with Gasteiger partial charge < -0.3 is 9.88 Å². The van der Waals surface area contributed by atoms with Crippen LogP contribution in [0.25, 0.3) is 11.0 Å². The molecule has 2 N–H and O–H groups in total. The molecule has 6 heteroatoms. The van der Waals surface area contributed by atoms with Crippen LogP contribution in [0.15, 0.2) is 24.3 Å². The fourth-order valence-electron chi connectivity index (χ4n) is 4.15. The number of fused-ring (bicyclic) bond motifs is 1. The Kier molecular flexibility index (Phi) is 5.14. The summed E-state index contributed by atoms with van der Waals surface area (Å²) >= 11 is 0. The number of carbonyl (C=O) groups excluding carboxylic acids is 2. The molecule has 0 radical (unpaired) electrons. The first kappa shape index (κ1) is 18.0. The maximum absolute atomic E-state index is 12.4. The molecule has 6 nitrogen and oxygen atoms in total. The molecule has 144 valence electrons. The van der Waals surface area contributed by atoms with Crippen molar-refractivity contribution in [1.29, 1.82) is 0 Å². The van der Waals surface area contributed by atoms with E-state index in [1.807, 2.05) is 18.2 Å². The normalized spacial score (nSPS) is 22.6. The van der Waals surface area contributed by atoms with Gasteiger partial charge in [0.2, 0.25) is 17.8 Å². The number of aromatic nitrogens is 2. The maximum Gasteiger partial charge on any atom is 0.228 e. The van der Waals surface area contributed by atoms with Crippen LogP contribution in [-0.2, 0) is 9.59 Å². The summed E-state index contributed by atoms with van der Waals surface area (Å²) in [6.07, 6.45) is 7.19. The molecular formula is C21H28N4O2. The molecule has 0 aliphatic heterocycles. The average molecular weight is 368 g/mol. The fraction of sp³-hybridized carbons (Fsp3) is 0.571. The van der Waals surface area contributed by atoms with Crippen LogP contribution in [0.2, 0.25) is 0 Å². The highest BCUT2D eigenvalue weighted by Gasteiger charge is 2.38. The molecule has 27 heavy (non-hydrogen) atoms. The molecule has 4 rings (SSSR count). The van der Waals surface area contributed by atoms with Crippen molar-refractivity contribution in [2.24, 2.45) is 11.8 Å². The van der Waals surface area contributed by atoms with E-state index in [0.717, 1.165) is 30.3 Å². The van der Waals surface area contributed by atoms with E-state index in [1.165, 1.54) is 19.3 Å². The van der Waals surface area contributed by atoms with Crippen molar-refractivity contribution in [2.75, 3.05) is 11.9 Å². The average Bonchev–Trinajstić information content (AvgIpc) is 3.30. The highest BCUT2D eigenvalue weighted by atomic mass is 16.2. The van der Waals surface area contributed by atoms with Crippen molar-refractivity contribution in [1.82, 2.24) is 14.9 Å². The molecule has 0 saturated heterocycles. The largest absolute Gasteiger partial charge is 0.355 e. The zero-order valence-electron chi connectivity index (χ0n) is 15.9. The Balaban J connectivity index is 1.42. The second-order valence-corrected chi connectivity index (χ2v) is 7.99. The van der Waals surface area contributed by atoms with Gasteiger partial charge in [-0.2, -0.15) is 0 Å². The molecule has 2 aliphatic rings. The maximum atomic E-state index is 12.4. The number of carbonyl (C=O) groups is 2. The number of nitrogens with one attached hydrogen (secondary N) is 2. The summed E-state index contributed by atoms with van der Waals surface area (Å²) in [6.45, 7) is 2.45. The van der Waals surface area contributed by atoms with Gasteiger partial charge in [0.25, 0.3) is 0 Å². The Bertz CT molecular complexity index is 838. The molecule has 1 aromatic heterocycles.